The van der Waals surface area contributed by atoms with E-state index < -0.39 is 22.6 Å². The fourth-order valence-electron chi connectivity index (χ4n) is 5.96. The van der Waals surface area contributed by atoms with Crippen LogP contribution in [0.5, 0.6) is 0 Å². The number of hydrogen-bond acceptors (Lipinski definition) is 5. The summed E-state index contributed by atoms with van der Waals surface area (Å²) in [5, 5.41) is 15.4. The van der Waals surface area contributed by atoms with Crippen molar-refractivity contribution in [1.29, 1.82) is 0 Å². The molecule has 3 unspecified atom stereocenters. The molecule has 3 aliphatic heterocycles. The fourth-order valence-corrected chi connectivity index (χ4v) is 8.18. The van der Waals surface area contributed by atoms with Gasteiger partial charge in [0.15, 0.2) is 0 Å². The lowest BCUT2D eigenvalue weighted by Gasteiger charge is -2.35. The quantitative estimate of drug-likeness (QED) is 0.454. The van der Waals surface area contributed by atoms with Crippen LogP contribution in [-0.4, -0.2) is 63.0 Å². The van der Waals surface area contributed by atoms with Gasteiger partial charge in [-0.1, -0.05) is 31.5 Å². The zero-order chi connectivity index (χ0) is 23.6. The van der Waals surface area contributed by atoms with Crippen LogP contribution < -0.4 is 10.6 Å². The van der Waals surface area contributed by atoms with Gasteiger partial charge in [0.2, 0.25) is 17.7 Å². The molecule has 3 saturated heterocycles. The Labute approximate surface area is 200 Å². The van der Waals surface area contributed by atoms with Crippen molar-refractivity contribution in [3.05, 3.63) is 30.3 Å². The van der Waals surface area contributed by atoms with Gasteiger partial charge < -0.3 is 20.6 Å². The second-order valence-corrected chi connectivity index (χ2v) is 11.2. The lowest BCUT2D eigenvalue weighted by Crippen LogP contribution is -2.55. The molecule has 1 spiro atoms. The van der Waals surface area contributed by atoms with Gasteiger partial charge in [-0.2, -0.15) is 0 Å². The molecule has 0 saturated carbocycles. The van der Waals surface area contributed by atoms with Crippen molar-refractivity contribution in [1.82, 2.24) is 10.2 Å². The molecule has 3 aliphatic rings. The number of aliphatic hydroxyl groups is 1. The smallest absolute Gasteiger partial charge is 0.244 e. The second-order valence-electron chi connectivity index (χ2n) is 9.57. The average molecular weight is 474 g/mol. The number of anilines is 1. The number of para-hydroxylation sites is 1. The maximum absolute atomic E-state index is 13.7. The summed E-state index contributed by atoms with van der Waals surface area (Å²) in [6, 6.07) is 8.78. The fraction of sp³-hybridized carbons (Fsp3) is 0.640. The van der Waals surface area contributed by atoms with Gasteiger partial charge in [0.25, 0.3) is 0 Å². The Bertz CT molecular complexity index is 882. The van der Waals surface area contributed by atoms with Gasteiger partial charge in [-0.3, -0.25) is 14.4 Å². The van der Waals surface area contributed by atoms with Crippen molar-refractivity contribution >= 4 is 35.2 Å². The SMILES string of the molecule is CCCC(C)NC(=O)C1N(CCCCO)C(=O)[C@@H]2[C@H](C(=O)Nc3ccccc3)[C@@H]3CCC12S3. The third-order valence-corrected chi connectivity index (χ3v) is 9.26. The summed E-state index contributed by atoms with van der Waals surface area (Å²) in [4.78, 5) is 42.4. The van der Waals surface area contributed by atoms with Crippen LogP contribution in [0.4, 0.5) is 5.69 Å². The third-order valence-electron chi connectivity index (χ3n) is 7.31. The standard InChI is InChI=1S/C25H35N3O4S/c1-3-9-16(2)26-23(31)21-25-13-12-18(33-25)19(22(30)27-17-10-5-4-6-11-17)20(25)24(32)28(21)14-7-8-15-29/h4-6,10-11,16,18-21,29H,3,7-9,12-15H2,1-2H3,(H,26,31)(H,27,30)/t16?,18-,19+,20-,21?,25?/m0/s1. The van der Waals surface area contributed by atoms with E-state index >= 15 is 0 Å². The number of likely N-dealkylation sites (tertiary alicyclic amines) is 1. The molecule has 180 valence electrons. The van der Waals surface area contributed by atoms with E-state index in [0.717, 1.165) is 31.4 Å². The molecule has 3 amide bonds. The Morgan fingerprint density at radius 3 is 2.70 bits per heavy atom. The van der Waals surface area contributed by atoms with Crippen LogP contribution in [0.25, 0.3) is 0 Å². The number of carbonyl (C=O) groups excluding carboxylic acids is 3. The minimum atomic E-state index is -0.572. The largest absolute Gasteiger partial charge is 0.396 e. The first-order chi connectivity index (χ1) is 15.9. The highest BCUT2D eigenvalue weighted by molar-refractivity contribution is 8.02. The van der Waals surface area contributed by atoms with E-state index in [0.29, 0.717) is 19.4 Å². The van der Waals surface area contributed by atoms with Crippen LogP contribution in [0, 0.1) is 11.8 Å². The molecule has 3 fully saturated rings. The highest BCUT2D eigenvalue weighted by Gasteiger charge is 2.73. The number of thioether (sulfide) groups is 1. The van der Waals surface area contributed by atoms with Crippen LogP contribution in [0.1, 0.15) is 52.4 Å². The molecule has 0 radical (unpaired) electrons. The first-order valence-electron chi connectivity index (χ1n) is 12.2. The number of nitrogens with one attached hydrogen (secondary N) is 2. The van der Waals surface area contributed by atoms with Gasteiger partial charge in [0, 0.05) is 30.1 Å². The first kappa shape index (κ1) is 24.1. The van der Waals surface area contributed by atoms with Gasteiger partial charge in [0.1, 0.15) is 6.04 Å². The summed E-state index contributed by atoms with van der Waals surface area (Å²) in [6.07, 6.45) is 4.66. The Morgan fingerprint density at radius 2 is 2.00 bits per heavy atom. The summed E-state index contributed by atoms with van der Waals surface area (Å²) in [6.45, 7) is 4.57. The van der Waals surface area contributed by atoms with E-state index in [9.17, 15) is 19.5 Å². The van der Waals surface area contributed by atoms with Crippen molar-refractivity contribution < 1.29 is 19.5 Å². The van der Waals surface area contributed by atoms with Crippen molar-refractivity contribution in [2.45, 2.75) is 74.5 Å². The normalized spacial score (nSPS) is 30.9. The van der Waals surface area contributed by atoms with Crippen molar-refractivity contribution in [2.24, 2.45) is 11.8 Å². The Morgan fingerprint density at radius 1 is 1.24 bits per heavy atom. The van der Waals surface area contributed by atoms with Crippen LogP contribution in [0.15, 0.2) is 30.3 Å². The number of hydrogen-bond donors (Lipinski definition) is 3. The van der Waals surface area contributed by atoms with E-state index in [-0.39, 0.29) is 35.6 Å². The molecule has 7 nitrogen and oxygen atoms in total. The predicted molar refractivity (Wildman–Crippen MR) is 130 cm³/mol. The molecule has 3 N–H and O–H groups in total. The van der Waals surface area contributed by atoms with Crippen molar-refractivity contribution in [2.75, 3.05) is 18.5 Å². The monoisotopic (exact) mass is 473 g/mol. The van der Waals surface area contributed by atoms with Crippen LogP contribution in [-0.2, 0) is 14.4 Å². The lowest BCUT2D eigenvalue weighted by atomic mass is 9.70. The van der Waals surface area contributed by atoms with E-state index in [2.05, 4.69) is 17.6 Å². The van der Waals surface area contributed by atoms with Gasteiger partial charge in [-0.05, 0) is 51.2 Å². The van der Waals surface area contributed by atoms with E-state index in [1.165, 1.54) is 0 Å². The summed E-state index contributed by atoms with van der Waals surface area (Å²) in [7, 11) is 0. The van der Waals surface area contributed by atoms with Crippen molar-refractivity contribution in [3.63, 3.8) is 0 Å². The van der Waals surface area contributed by atoms with Crippen LogP contribution in [0.2, 0.25) is 0 Å². The second kappa shape index (κ2) is 10.1. The number of unbranched alkanes of at least 4 members (excludes halogenated alkanes) is 1. The molecule has 8 heteroatoms. The summed E-state index contributed by atoms with van der Waals surface area (Å²) in [5.74, 6) is -1.25. The molecular formula is C25H35N3O4S. The summed E-state index contributed by atoms with van der Waals surface area (Å²) in [5.41, 5.74) is 0.720. The van der Waals surface area contributed by atoms with E-state index in [1.807, 2.05) is 37.3 Å². The number of rotatable bonds is 10. The predicted octanol–water partition coefficient (Wildman–Crippen LogP) is 2.79. The Kier molecular flexibility index (Phi) is 7.34. The number of carbonyl (C=O) groups is 3. The summed E-state index contributed by atoms with van der Waals surface area (Å²) >= 11 is 1.69. The van der Waals surface area contributed by atoms with Crippen LogP contribution >= 0.6 is 11.8 Å². The molecule has 2 bridgehead atoms. The molecule has 1 aromatic carbocycles. The maximum atomic E-state index is 13.7. The molecule has 6 atom stereocenters. The number of aliphatic hydroxyl groups excluding tert-OH is 1. The molecule has 3 heterocycles. The average Bonchev–Trinajstić information content (AvgIpc) is 3.42. The number of fused-ring (bicyclic) bond motifs is 1. The minimum Gasteiger partial charge on any atom is -0.396 e. The lowest BCUT2D eigenvalue weighted by molar-refractivity contribution is -0.139. The van der Waals surface area contributed by atoms with Crippen LogP contribution in [0.3, 0.4) is 0 Å². The van der Waals surface area contributed by atoms with Gasteiger partial charge in [-0.15, -0.1) is 11.8 Å². The first-order valence-corrected chi connectivity index (χ1v) is 13.1. The molecule has 0 aliphatic carbocycles. The Balaban J connectivity index is 1.61. The van der Waals surface area contributed by atoms with Crippen molar-refractivity contribution in [3.8, 4) is 0 Å². The number of nitrogens with zero attached hydrogens (tertiary/aromatic N) is 1. The van der Waals surface area contributed by atoms with Gasteiger partial charge >= 0.3 is 0 Å². The summed E-state index contributed by atoms with van der Waals surface area (Å²) < 4.78 is -0.560. The zero-order valence-electron chi connectivity index (χ0n) is 19.5. The maximum Gasteiger partial charge on any atom is 0.244 e. The van der Waals surface area contributed by atoms with E-state index in [1.54, 1.807) is 16.7 Å². The Hall–Kier alpha value is -2.06. The molecule has 1 aromatic rings. The topological polar surface area (TPSA) is 98.7 Å². The van der Waals surface area contributed by atoms with Gasteiger partial charge in [-0.25, -0.2) is 0 Å². The number of benzene rings is 1. The minimum absolute atomic E-state index is 0.0353. The zero-order valence-corrected chi connectivity index (χ0v) is 20.3. The molecule has 0 aromatic heterocycles. The van der Waals surface area contributed by atoms with Gasteiger partial charge in [0.05, 0.1) is 16.6 Å². The highest BCUT2D eigenvalue weighted by atomic mass is 32.2. The molecule has 4 rings (SSSR count). The highest BCUT2D eigenvalue weighted by Crippen LogP contribution is 2.66. The number of amides is 3. The molecule has 33 heavy (non-hydrogen) atoms. The molecular weight excluding hydrogens is 438 g/mol. The van der Waals surface area contributed by atoms with E-state index in [4.69, 9.17) is 0 Å². The third kappa shape index (κ3) is 4.39.